The van der Waals surface area contributed by atoms with E-state index >= 15 is 0 Å². The number of anilines is 1. The van der Waals surface area contributed by atoms with Crippen molar-refractivity contribution in [1.82, 2.24) is 19.7 Å². The zero-order valence-corrected chi connectivity index (χ0v) is 22.7. The lowest BCUT2D eigenvalue weighted by Gasteiger charge is -2.38. The number of benzene rings is 1. The molecule has 0 bridgehead atoms. The number of carbonyl (C=O) groups is 2. The third-order valence-corrected chi connectivity index (χ3v) is 6.65. The van der Waals surface area contributed by atoms with Gasteiger partial charge in [-0.25, -0.2) is 0 Å². The summed E-state index contributed by atoms with van der Waals surface area (Å²) in [5.74, 6) is 0.211. The normalized spacial score (nSPS) is 18.7. The number of nitrogens with zero attached hydrogens (tertiary/aromatic N) is 4. The lowest BCUT2D eigenvalue weighted by atomic mass is 9.99. The standard InChI is InChI=1S/C28H41N5O4/c1-20-16-33(21(2)19-34)28(36)24-15-23(30-27(35)7-6-14-31(3)4)8-9-25(24)37-26(20)18-32(5)17-22-10-12-29-13-11-22/h8-13,15,20-21,26,34H,6-7,14,16-19H2,1-5H3,(H,30,35)/t20-,21+,26-/m1/s1. The number of likely N-dealkylation sites (N-methyl/N-ethyl adjacent to an activating group) is 1. The summed E-state index contributed by atoms with van der Waals surface area (Å²) < 4.78 is 6.46. The number of hydrogen-bond donors (Lipinski definition) is 2. The summed E-state index contributed by atoms with van der Waals surface area (Å²) in [4.78, 5) is 36.1. The first kappa shape index (κ1) is 28.6. The topological polar surface area (TPSA) is 98.2 Å². The van der Waals surface area contributed by atoms with Crippen LogP contribution in [-0.2, 0) is 11.3 Å². The Kier molecular flexibility index (Phi) is 10.4. The summed E-state index contributed by atoms with van der Waals surface area (Å²) in [5.41, 5.74) is 2.11. The van der Waals surface area contributed by atoms with Gasteiger partial charge in [0, 0.05) is 50.1 Å². The van der Waals surface area contributed by atoms with Crippen LogP contribution >= 0.6 is 0 Å². The average molecular weight is 512 g/mol. The number of amides is 2. The van der Waals surface area contributed by atoms with Crippen LogP contribution in [0.25, 0.3) is 0 Å². The summed E-state index contributed by atoms with van der Waals surface area (Å²) in [5, 5.41) is 12.8. The number of fused-ring (bicyclic) bond motifs is 1. The molecule has 9 heteroatoms. The van der Waals surface area contributed by atoms with E-state index in [2.05, 4.69) is 22.1 Å². The molecule has 0 saturated heterocycles. The molecule has 1 aromatic heterocycles. The first-order valence-electron chi connectivity index (χ1n) is 12.9. The number of aliphatic hydroxyl groups is 1. The molecule has 1 aliphatic heterocycles. The summed E-state index contributed by atoms with van der Waals surface area (Å²) in [6.45, 7) is 6.46. The quantitative estimate of drug-likeness (QED) is 0.479. The molecule has 2 amide bonds. The van der Waals surface area contributed by atoms with Crippen molar-refractivity contribution in [2.75, 3.05) is 52.7 Å². The first-order chi connectivity index (χ1) is 17.7. The number of hydrogen-bond acceptors (Lipinski definition) is 7. The molecule has 0 saturated carbocycles. The van der Waals surface area contributed by atoms with Crippen molar-refractivity contribution in [3.8, 4) is 5.75 Å². The van der Waals surface area contributed by atoms with E-state index in [1.165, 1.54) is 0 Å². The summed E-state index contributed by atoms with van der Waals surface area (Å²) in [6.07, 6.45) is 4.54. The number of aromatic nitrogens is 1. The molecule has 0 unspecified atom stereocenters. The lowest BCUT2D eigenvalue weighted by molar-refractivity contribution is -0.116. The molecule has 2 N–H and O–H groups in total. The molecule has 0 aliphatic carbocycles. The Morgan fingerprint density at radius 3 is 2.65 bits per heavy atom. The minimum atomic E-state index is -0.347. The third kappa shape index (κ3) is 8.24. The van der Waals surface area contributed by atoms with Crippen LogP contribution in [-0.4, -0.2) is 96.1 Å². The number of ether oxygens (including phenoxy) is 1. The van der Waals surface area contributed by atoms with Gasteiger partial charge in [0.15, 0.2) is 0 Å². The molecule has 0 fully saturated rings. The van der Waals surface area contributed by atoms with Crippen LogP contribution in [0, 0.1) is 5.92 Å². The fourth-order valence-corrected chi connectivity index (χ4v) is 4.47. The number of nitrogens with one attached hydrogen (secondary N) is 1. The van der Waals surface area contributed by atoms with E-state index in [4.69, 9.17) is 4.74 Å². The second kappa shape index (κ2) is 13.5. The Hall–Kier alpha value is -3.01. The van der Waals surface area contributed by atoms with Crippen LogP contribution < -0.4 is 10.1 Å². The molecular formula is C28H41N5O4. The maximum Gasteiger partial charge on any atom is 0.258 e. The zero-order chi connectivity index (χ0) is 26.9. The minimum absolute atomic E-state index is 0.0297. The smallest absolute Gasteiger partial charge is 0.258 e. The van der Waals surface area contributed by atoms with E-state index in [1.54, 1.807) is 35.5 Å². The first-order valence-corrected chi connectivity index (χ1v) is 12.9. The monoisotopic (exact) mass is 511 g/mol. The van der Waals surface area contributed by atoms with Gasteiger partial charge in [-0.3, -0.25) is 19.5 Å². The second-order valence-electron chi connectivity index (χ2n) is 10.3. The molecular weight excluding hydrogens is 470 g/mol. The Bertz CT molecular complexity index is 1030. The molecule has 9 nitrogen and oxygen atoms in total. The predicted octanol–water partition coefficient (Wildman–Crippen LogP) is 2.71. The molecule has 37 heavy (non-hydrogen) atoms. The van der Waals surface area contributed by atoms with E-state index in [-0.39, 0.29) is 36.5 Å². The van der Waals surface area contributed by atoms with Crippen molar-refractivity contribution in [1.29, 1.82) is 0 Å². The summed E-state index contributed by atoms with van der Waals surface area (Å²) in [7, 11) is 6.00. The second-order valence-corrected chi connectivity index (χ2v) is 10.3. The summed E-state index contributed by atoms with van der Waals surface area (Å²) >= 11 is 0. The van der Waals surface area contributed by atoms with Crippen LogP contribution in [0.5, 0.6) is 5.75 Å². The van der Waals surface area contributed by atoms with Gasteiger partial charge in [-0.2, -0.15) is 0 Å². The highest BCUT2D eigenvalue weighted by atomic mass is 16.5. The van der Waals surface area contributed by atoms with Gasteiger partial charge in [-0.05, 0) is 76.9 Å². The Morgan fingerprint density at radius 2 is 1.97 bits per heavy atom. The molecule has 1 aliphatic rings. The van der Waals surface area contributed by atoms with Crippen molar-refractivity contribution in [3.05, 3.63) is 53.9 Å². The van der Waals surface area contributed by atoms with Crippen molar-refractivity contribution in [3.63, 3.8) is 0 Å². The molecule has 2 aromatic rings. The van der Waals surface area contributed by atoms with Crippen LogP contribution in [0.3, 0.4) is 0 Å². The van der Waals surface area contributed by atoms with Gasteiger partial charge in [0.1, 0.15) is 11.9 Å². The van der Waals surface area contributed by atoms with E-state index in [0.29, 0.717) is 36.5 Å². The lowest BCUT2D eigenvalue weighted by Crippen LogP contribution is -2.49. The fraction of sp³-hybridized carbons (Fsp3) is 0.536. The minimum Gasteiger partial charge on any atom is -0.488 e. The number of pyridine rings is 1. The van der Waals surface area contributed by atoms with Crippen molar-refractivity contribution < 1.29 is 19.4 Å². The highest BCUT2D eigenvalue weighted by Crippen LogP contribution is 2.31. The number of rotatable bonds is 11. The molecule has 3 atom stereocenters. The largest absolute Gasteiger partial charge is 0.488 e. The van der Waals surface area contributed by atoms with Crippen LogP contribution in [0.15, 0.2) is 42.7 Å². The zero-order valence-electron chi connectivity index (χ0n) is 22.7. The SMILES string of the molecule is C[C@@H]1CN([C@@H](C)CO)C(=O)c2cc(NC(=O)CCCN(C)C)ccc2O[C@@H]1CN(C)Cc1ccncc1. The highest BCUT2D eigenvalue weighted by molar-refractivity contribution is 5.99. The Morgan fingerprint density at radius 1 is 1.24 bits per heavy atom. The molecule has 202 valence electrons. The third-order valence-electron chi connectivity index (χ3n) is 6.65. The number of aliphatic hydroxyl groups excluding tert-OH is 1. The van der Waals surface area contributed by atoms with Crippen LogP contribution in [0.2, 0.25) is 0 Å². The van der Waals surface area contributed by atoms with Gasteiger partial charge < -0.3 is 25.0 Å². The van der Waals surface area contributed by atoms with Crippen molar-refractivity contribution >= 4 is 17.5 Å². The van der Waals surface area contributed by atoms with Gasteiger partial charge in [0.05, 0.1) is 18.2 Å². The molecule has 0 spiro atoms. The summed E-state index contributed by atoms with van der Waals surface area (Å²) in [6, 6.07) is 8.87. The Balaban J connectivity index is 1.82. The molecule has 0 radical (unpaired) electrons. The van der Waals surface area contributed by atoms with E-state index in [9.17, 15) is 14.7 Å². The molecule has 1 aromatic carbocycles. The predicted molar refractivity (Wildman–Crippen MR) is 145 cm³/mol. The van der Waals surface area contributed by atoms with Crippen LogP contribution in [0.4, 0.5) is 5.69 Å². The van der Waals surface area contributed by atoms with Gasteiger partial charge in [-0.1, -0.05) is 6.92 Å². The van der Waals surface area contributed by atoms with E-state index in [1.807, 2.05) is 45.1 Å². The molecule has 3 rings (SSSR count). The number of carbonyl (C=O) groups excluding carboxylic acids is 2. The maximum atomic E-state index is 13.6. The van der Waals surface area contributed by atoms with E-state index in [0.717, 1.165) is 25.1 Å². The van der Waals surface area contributed by atoms with Gasteiger partial charge in [0.25, 0.3) is 5.91 Å². The van der Waals surface area contributed by atoms with Gasteiger partial charge in [0.2, 0.25) is 5.91 Å². The fourth-order valence-electron chi connectivity index (χ4n) is 4.47. The maximum absolute atomic E-state index is 13.6. The van der Waals surface area contributed by atoms with Crippen molar-refractivity contribution in [2.24, 2.45) is 5.92 Å². The Labute approximate surface area is 220 Å². The van der Waals surface area contributed by atoms with Crippen molar-refractivity contribution in [2.45, 2.75) is 45.4 Å². The molecule has 2 heterocycles. The highest BCUT2D eigenvalue weighted by Gasteiger charge is 2.33. The van der Waals surface area contributed by atoms with Gasteiger partial charge in [-0.15, -0.1) is 0 Å². The van der Waals surface area contributed by atoms with Crippen LogP contribution in [0.1, 0.15) is 42.6 Å². The average Bonchev–Trinajstić information content (AvgIpc) is 2.86. The van der Waals surface area contributed by atoms with Gasteiger partial charge >= 0.3 is 0 Å². The van der Waals surface area contributed by atoms with E-state index < -0.39 is 0 Å².